The second-order valence-corrected chi connectivity index (χ2v) is 16.1. The van der Waals surface area contributed by atoms with E-state index in [4.69, 9.17) is 67.5 Å². The SMILES string of the molecule is CCOc1ccc(NC(=O)c2ccc(Cl)c(N=NC(C(C)=O)C(=O)Nc3ccc(NC(=O)C(N=Nc4cc(C(=O)Nc5ccc(OCC)cc5CCl)ccc4Cl)C(C)=O)c(CCl)c3)c2)c(CCl)c1. The molecule has 0 aliphatic carbocycles. The third kappa shape index (κ3) is 14.1. The predicted octanol–water partition coefficient (Wildman–Crippen LogP) is 11.9. The third-order valence-electron chi connectivity index (χ3n) is 9.58. The molecule has 5 aromatic carbocycles. The first-order valence-electron chi connectivity index (χ1n) is 20.6. The van der Waals surface area contributed by atoms with E-state index in [1.165, 1.54) is 54.6 Å². The van der Waals surface area contributed by atoms with E-state index in [-0.39, 0.29) is 61.6 Å². The molecule has 4 amide bonds. The fourth-order valence-corrected chi connectivity index (χ4v) is 7.13. The number of alkyl halides is 3. The molecule has 5 aromatic rings. The Bertz CT molecular complexity index is 2790. The van der Waals surface area contributed by atoms with Crippen LogP contribution in [0.2, 0.25) is 10.0 Å². The lowest BCUT2D eigenvalue weighted by atomic mass is 10.1. The van der Waals surface area contributed by atoms with Crippen molar-refractivity contribution in [1.82, 2.24) is 0 Å². The number of Topliss-reactive ketones (excluding diaryl/α,β-unsaturated/α-hetero) is 2. The lowest BCUT2D eigenvalue weighted by Gasteiger charge is -2.15. The van der Waals surface area contributed by atoms with Crippen LogP contribution in [0.5, 0.6) is 11.5 Å². The molecular formula is C47H43Cl5N8O8. The maximum Gasteiger partial charge on any atom is 0.258 e. The van der Waals surface area contributed by atoms with Gasteiger partial charge in [-0.15, -0.1) is 34.8 Å². The summed E-state index contributed by atoms with van der Waals surface area (Å²) in [4.78, 5) is 78.6. The number of amides is 4. The highest BCUT2D eigenvalue weighted by Gasteiger charge is 2.26. The van der Waals surface area contributed by atoms with Gasteiger partial charge in [0.15, 0.2) is 11.6 Å². The zero-order chi connectivity index (χ0) is 49.5. The molecule has 0 bridgehead atoms. The van der Waals surface area contributed by atoms with Crippen LogP contribution in [-0.4, -0.2) is 60.5 Å². The number of azo groups is 2. The lowest BCUT2D eigenvalue weighted by Crippen LogP contribution is -2.32. The molecule has 0 heterocycles. The zero-order valence-corrected chi connectivity index (χ0v) is 40.6. The number of hydrogen-bond donors (Lipinski definition) is 4. The van der Waals surface area contributed by atoms with Gasteiger partial charge < -0.3 is 30.7 Å². The number of benzene rings is 5. The van der Waals surface area contributed by atoms with Crippen LogP contribution in [0.15, 0.2) is 111 Å². The first-order valence-corrected chi connectivity index (χ1v) is 22.9. The van der Waals surface area contributed by atoms with Crippen molar-refractivity contribution in [3.8, 4) is 11.5 Å². The van der Waals surface area contributed by atoms with Gasteiger partial charge in [-0.3, -0.25) is 28.8 Å². The van der Waals surface area contributed by atoms with Crippen LogP contribution in [0.3, 0.4) is 0 Å². The molecule has 354 valence electrons. The molecular weight excluding hydrogens is 982 g/mol. The summed E-state index contributed by atoms with van der Waals surface area (Å²) >= 11 is 31.2. The van der Waals surface area contributed by atoms with Gasteiger partial charge in [0.1, 0.15) is 22.9 Å². The van der Waals surface area contributed by atoms with Crippen LogP contribution < -0.4 is 30.7 Å². The Labute approximate surface area is 416 Å². The van der Waals surface area contributed by atoms with Crippen LogP contribution in [0.25, 0.3) is 0 Å². The minimum atomic E-state index is -1.64. The third-order valence-corrected chi connectivity index (χ3v) is 11.1. The molecule has 0 aliphatic heterocycles. The number of nitrogens with one attached hydrogen (secondary N) is 4. The Morgan fingerprint density at radius 3 is 1.32 bits per heavy atom. The molecule has 2 unspecified atom stereocenters. The van der Waals surface area contributed by atoms with Crippen molar-refractivity contribution in [3.63, 3.8) is 0 Å². The summed E-state index contributed by atoms with van der Waals surface area (Å²) in [5.41, 5.74) is 3.18. The highest BCUT2D eigenvalue weighted by Crippen LogP contribution is 2.31. The summed E-state index contributed by atoms with van der Waals surface area (Å²) in [6.07, 6.45) is 0. The van der Waals surface area contributed by atoms with Gasteiger partial charge in [0.05, 0.1) is 23.3 Å². The van der Waals surface area contributed by atoms with Crippen molar-refractivity contribution in [2.75, 3.05) is 34.5 Å². The van der Waals surface area contributed by atoms with E-state index in [0.29, 0.717) is 52.8 Å². The van der Waals surface area contributed by atoms with Gasteiger partial charge in [-0.05, 0) is 135 Å². The molecule has 21 heteroatoms. The van der Waals surface area contributed by atoms with Crippen molar-refractivity contribution in [2.45, 2.75) is 57.4 Å². The first kappa shape index (κ1) is 52.5. The van der Waals surface area contributed by atoms with Gasteiger partial charge in [-0.2, -0.15) is 20.5 Å². The van der Waals surface area contributed by atoms with Crippen LogP contribution >= 0.6 is 58.0 Å². The van der Waals surface area contributed by atoms with Crippen molar-refractivity contribution < 1.29 is 38.2 Å². The minimum Gasteiger partial charge on any atom is -0.494 e. The van der Waals surface area contributed by atoms with E-state index in [9.17, 15) is 28.8 Å². The Morgan fingerprint density at radius 2 is 0.912 bits per heavy atom. The Balaban J connectivity index is 1.26. The molecule has 0 fully saturated rings. The summed E-state index contributed by atoms with van der Waals surface area (Å²) < 4.78 is 11.0. The number of halogens is 5. The van der Waals surface area contributed by atoms with Crippen LogP contribution in [0, 0.1) is 0 Å². The number of ketones is 2. The molecule has 0 aliphatic rings. The fourth-order valence-electron chi connectivity index (χ4n) is 6.16. The van der Waals surface area contributed by atoms with Crippen molar-refractivity contribution >= 4 is 127 Å². The highest BCUT2D eigenvalue weighted by molar-refractivity contribution is 6.33. The second kappa shape index (κ2) is 25.1. The number of nitrogens with zero attached hydrogens (tertiary/aromatic N) is 4. The summed E-state index contributed by atoms with van der Waals surface area (Å²) in [5, 5.41) is 27.0. The molecule has 0 saturated heterocycles. The quantitative estimate of drug-likeness (QED) is 0.0314. The molecule has 0 saturated carbocycles. The smallest absolute Gasteiger partial charge is 0.258 e. The van der Waals surface area contributed by atoms with E-state index >= 15 is 0 Å². The summed E-state index contributed by atoms with van der Waals surface area (Å²) in [6.45, 7) is 6.90. The average Bonchev–Trinajstić information content (AvgIpc) is 3.31. The minimum absolute atomic E-state index is 0.00847. The molecule has 0 spiro atoms. The van der Waals surface area contributed by atoms with Gasteiger partial charge in [0.25, 0.3) is 23.6 Å². The normalized spacial score (nSPS) is 12.0. The van der Waals surface area contributed by atoms with E-state index in [1.54, 1.807) is 36.4 Å². The molecule has 5 rings (SSSR count). The number of carbonyl (C=O) groups excluding carboxylic acids is 6. The monoisotopic (exact) mass is 1020 g/mol. The largest absolute Gasteiger partial charge is 0.494 e. The number of hydrogen-bond acceptors (Lipinski definition) is 12. The van der Waals surface area contributed by atoms with Crippen LogP contribution in [0.4, 0.5) is 34.1 Å². The van der Waals surface area contributed by atoms with Gasteiger partial charge in [-0.1, -0.05) is 23.2 Å². The average molecular weight is 1030 g/mol. The standard InChI is InChI=1S/C47H43Cl5N8O8/c1-5-67-33-10-15-38(30(18-33)23-49)54-44(63)27-7-12-35(51)40(20-27)57-59-42(25(3)61)46(65)53-32-9-14-37(29(17-32)22-48)56-47(66)43(26(4)62)60-58-41-21-28(8-13-36(41)52)45(64)55-39-16-11-34(68-6-2)19-31(39)24-50/h7-21,42-43H,5-6,22-24H2,1-4H3,(H,53,65)(H,54,63)(H,55,64)(H,56,66). The number of anilines is 4. The number of ether oxygens (including phenoxy) is 2. The second-order valence-electron chi connectivity index (χ2n) is 14.5. The van der Waals surface area contributed by atoms with Gasteiger partial charge in [0, 0.05) is 51.5 Å². The molecule has 2 atom stereocenters. The van der Waals surface area contributed by atoms with E-state index in [1.807, 2.05) is 13.8 Å². The fraction of sp³-hybridized carbons (Fsp3) is 0.234. The van der Waals surface area contributed by atoms with Gasteiger partial charge in [-0.25, -0.2) is 0 Å². The molecule has 68 heavy (non-hydrogen) atoms. The van der Waals surface area contributed by atoms with Gasteiger partial charge >= 0.3 is 0 Å². The molecule has 0 aromatic heterocycles. The zero-order valence-electron chi connectivity index (χ0n) is 36.8. The summed E-state index contributed by atoms with van der Waals surface area (Å²) in [7, 11) is 0. The van der Waals surface area contributed by atoms with Crippen LogP contribution in [-0.2, 0) is 36.8 Å². The van der Waals surface area contributed by atoms with Crippen LogP contribution in [0.1, 0.15) is 65.1 Å². The first-order chi connectivity index (χ1) is 32.6. The molecule has 0 radical (unpaired) electrons. The maximum absolute atomic E-state index is 13.5. The van der Waals surface area contributed by atoms with E-state index in [0.717, 1.165) is 13.8 Å². The molecule has 16 nitrogen and oxygen atoms in total. The van der Waals surface area contributed by atoms with Gasteiger partial charge in [0.2, 0.25) is 12.1 Å². The Morgan fingerprint density at radius 1 is 0.515 bits per heavy atom. The Hall–Kier alpha value is -6.43. The van der Waals surface area contributed by atoms with Crippen molar-refractivity contribution in [2.24, 2.45) is 20.5 Å². The predicted molar refractivity (Wildman–Crippen MR) is 264 cm³/mol. The highest BCUT2D eigenvalue weighted by atomic mass is 35.5. The van der Waals surface area contributed by atoms with Crippen molar-refractivity contribution in [3.05, 3.63) is 129 Å². The summed E-state index contributed by atoms with van der Waals surface area (Å²) in [5.74, 6) is -2.83. The lowest BCUT2D eigenvalue weighted by molar-refractivity contribution is -0.127. The molecule has 4 N–H and O–H groups in total. The van der Waals surface area contributed by atoms with Crippen molar-refractivity contribution in [1.29, 1.82) is 0 Å². The maximum atomic E-state index is 13.5. The number of rotatable bonds is 21. The summed E-state index contributed by atoms with van der Waals surface area (Å²) in [6, 6.07) is 19.6. The number of carbonyl (C=O) groups is 6. The Kier molecular flexibility index (Phi) is 19.4. The van der Waals surface area contributed by atoms with E-state index in [2.05, 4.69) is 41.7 Å². The van der Waals surface area contributed by atoms with E-state index < -0.39 is 47.3 Å². The topological polar surface area (TPSA) is 218 Å².